The monoisotopic (exact) mass is 395 g/mol. The predicted octanol–water partition coefficient (Wildman–Crippen LogP) is 2.54. The van der Waals surface area contributed by atoms with E-state index in [9.17, 15) is 13.2 Å². The van der Waals surface area contributed by atoms with Crippen LogP contribution in [0.2, 0.25) is 0 Å². The fraction of sp³-hybridized carbons (Fsp3) is 0.900. The van der Waals surface area contributed by atoms with Gasteiger partial charge >= 0.3 is 6.18 Å². The van der Waals surface area contributed by atoms with E-state index in [-0.39, 0.29) is 12.6 Å². The number of aliphatic imine (C=N–C) groups is 1. The van der Waals surface area contributed by atoms with E-state index in [1.807, 2.05) is 0 Å². The molecule has 3 atom stereocenters. The van der Waals surface area contributed by atoms with Crippen molar-refractivity contribution in [3.63, 3.8) is 0 Å². The van der Waals surface area contributed by atoms with Gasteiger partial charge in [0, 0.05) is 55.3 Å². The van der Waals surface area contributed by atoms with Gasteiger partial charge in [-0.25, -0.2) is 3.11 Å². The topological polar surface area (TPSA) is 18.8 Å². The van der Waals surface area contributed by atoms with Gasteiger partial charge in [-0.05, 0) is 6.42 Å². The largest absolute Gasteiger partial charge is 0.396 e. The molecule has 3 nitrogen and oxygen atoms in total. The Kier molecular flexibility index (Phi) is 4.77. The van der Waals surface area contributed by atoms with Gasteiger partial charge in [0.2, 0.25) is 0 Å². The maximum absolute atomic E-state index is 12.6. The third-order valence-corrected chi connectivity index (χ3v) is 4.64. The van der Waals surface area contributed by atoms with Gasteiger partial charge in [-0.15, -0.1) is 11.6 Å². The Labute approximate surface area is 123 Å². The van der Waals surface area contributed by atoms with Crippen molar-refractivity contribution < 1.29 is 13.2 Å². The van der Waals surface area contributed by atoms with Crippen LogP contribution in [-0.4, -0.2) is 58.1 Å². The Morgan fingerprint density at radius 2 is 1.83 bits per heavy atom. The molecule has 3 unspecified atom stereocenters. The Morgan fingerprint density at radius 1 is 1.22 bits per heavy atom. The van der Waals surface area contributed by atoms with E-state index in [1.165, 1.54) is 0 Å². The maximum atomic E-state index is 12.6. The highest BCUT2D eigenvalue weighted by molar-refractivity contribution is 14.1. The molecule has 0 amide bonds. The summed E-state index contributed by atoms with van der Waals surface area (Å²) in [7, 11) is 0. The lowest BCUT2D eigenvalue weighted by Crippen LogP contribution is -2.52. The van der Waals surface area contributed by atoms with Gasteiger partial charge in [0.15, 0.2) is 0 Å². The van der Waals surface area contributed by atoms with E-state index in [4.69, 9.17) is 11.6 Å². The SMILES string of the molecule is FC(F)(F)C1C=NC(N2CCN(I)CC2)C(Cl)C1. The summed E-state index contributed by atoms with van der Waals surface area (Å²) in [4.78, 5) is 6.10. The zero-order chi connectivity index (χ0) is 13.3. The molecule has 0 aromatic carbocycles. The van der Waals surface area contributed by atoms with Crippen molar-refractivity contribution in [1.82, 2.24) is 8.01 Å². The summed E-state index contributed by atoms with van der Waals surface area (Å²) in [5.74, 6) is -1.50. The van der Waals surface area contributed by atoms with Crippen molar-refractivity contribution in [3.05, 3.63) is 0 Å². The lowest BCUT2D eigenvalue weighted by molar-refractivity contribution is -0.157. The smallest absolute Gasteiger partial charge is 0.278 e. The molecule has 2 aliphatic rings. The highest BCUT2D eigenvalue weighted by Gasteiger charge is 2.44. The molecule has 0 spiro atoms. The van der Waals surface area contributed by atoms with Crippen LogP contribution in [0.25, 0.3) is 0 Å². The minimum absolute atomic E-state index is 0.0797. The number of halogens is 5. The van der Waals surface area contributed by atoms with Crippen molar-refractivity contribution in [2.45, 2.75) is 24.1 Å². The number of nitrogens with zero attached hydrogens (tertiary/aromatic N) is 3. The first-order valence-corrected chi connectivity index (χ1v) is 7.17. The third kappa shape index (κ3) is 3.49. The minimum Gasteiger partial charge on any atom is -0.278 e. The molecule has 1 saturated heterocycles. The van der Waals surface area contributed by atoms with Crippen LogP contribution in [0.4, 0.5) is 13.2 Å². The van der Waals surface area contributed by atoms with Gasteiger partial charge in [0.1, 0.15) is 6.17 Å². The van der Waals surface area contributed by atoms with Crippen LogP contribution in [0.1, 0.15) is 6.42 Å². The lowest BCUT2D eigenvalue weighted by atomic mass is 9.99. The van der Waals surface area contributed by atoms with Crippen molar-refractivity contribution >= 4 is 40.7 Å². The zero-order valence-corrected chi connectivity index (χ0v) is 12.5. The first-order chi connectivity index (χ1) is 8.38. The Morgan fingerprint density at radius 3 is 2.33 bits per heavy atom. The lowest BCUT2D eigenvalue weighted by Gasteiger charge is -2.39. The van der Waals surface area contributed by atoms with E-state index in [0.717, 1.165) is 32.4 Å². The fourth-order valence-electron chi connectivity index (χ4n) is 2.21. The van der Waals surface area contributed by atoms with Crippen LogP contribution in [0.5, 0.6) is 0 Å². The summed E-state index contributed by atoms with van der Waals surface area (Å²) in [6.07, 6.45) is -3.60. The van der Waals surface area contributed by atoms with Gasteiger partial charge in [-0.2, -0.15) is 13.2 Å². The van der Waals surface area contributed by atoms with Crippen LogP contribution in [0.3, 0.4) is 0 Å². The van der Waals surface area contributed by atoms with Gasteiger partial charge in [-0.1, -0.05) is 0 Å². The summed E-state index contributed by atoms with van der Waals surface area (Å²) in [6, 6.07) is 0. The normalized spacial score (nSPS) is 35.9. The number of rotatable bonds is 1. The molecule has 0 radical (unpaired) electrons. The average Bonchev–Trinajstić information content (AvgIpc) is 2.29. The van der Waals surface area contributed by atoms with Crippen molar-refractivity contribution in [1.29, 1.82) is 0 Å². The van der Waals surface area contributed by atoms with Gasteiger partial charge in [0.25, 0.3) is 0 Å². The van der Waals surface area contributed by atoms with Crippen molar-refractivity contribution in [3.8, 4) is 0 Å². The molecule has 2 heterocycles. The van der Waals surface area contributed by atoms with Crippen LogP contribution >= 0.6 is 34.5 Å². The Hall–Kier alpha value is 0.400. The first-order valence-electron chi connectivity index (χ1n) is 5.77. The van der Waals surface area contributed by atoms with E-state index < -0.39 is 17.5 Å². The molecule has 0 aliphatic carbocycles. The summed E-state index contributed by atoms with van der Waals surface area (Å²) in [6.45, 7) is 3.37. The number of alkyl halides is 4. The van der Waals surface area contributed by atoms with E-state index >= 15 is 0 Å². The molecular formula is C10H14ClF3IN3. The first kappa shape index (κ1) is 14.8. The second-order valence-corrected chi connectivity index (χ2v) is 6.48. The van der Waals surface area contributed by atoms with Crippen LogP contribution in [-0.2, 0) is 0 Å². The molecule has 0 aromatic rings. The Balaban J connectivity index is 1.99. The van der Waals surface area contributed by atoms with Gasteiger partial charge in [-0.3, -0.25) is 9.89 Å². The van der Waals surface area contributed by atoms with E-state index in [0.29, 0.717) is 0 Å². The summed E-state index contributed by atoms with van der Waals surface area (Å²) < 4.78 is 39.8. The summed E-state index contributed by atoms with van der Waals surface area (Å²) in [5, 5.41) is -0.567. The van der Waals surface area contributed by atoms with Gasteiger partial charge in [0.05, 0.1) is 11.3 Å². The molecule has 18 heavy (non-hydrogen) atoms. The third-order valence-electron chi connectivity index (χ3n) is 3.28. The quantitative estimate of drug-likeness (QED) is 0.386. The number of hydrogen-bond donors (Lipinski definition) is 0. The van der Waals surface area contributed by atoms with Crippen LogP contribution in [0, 0.1) is 5.92 Å². The molecule has 8 heteroatoms. The standard InChI is InChI=1S/C10H14ClF3IN3/c11-8-5-7(10(12,13)14)6-16-9(8)17-1-3-18(15)4-2-17/h6-9H,1-5H2. The molecule has 0 aromatic heterocycles. The van der Waals surface area contributed by atoms with E-state index in [2.05, 4.69) is 35.9 Å². The number of hydrogen-bond acceptors (Lipinski definition) is 3. The van der Waals surface area contributed by atoms with Crippen LogP contribution in [0.15, 0.2) is 4.99 Å². The molecule has 0 saturated carbocycles. The highest BCUT2D eigenvalue weighted by atomic mass is 127. The molecule has 104 valence electrons. The second kappa shape index (κ2) is 5.80. The van der Waals surface area contributed by atoms with Crippen LogP contribution < -0.4 is 0 Å². The minimum atomic E-state index is -4.23. The molecule has 0 bridgehead atoms. The van der Waals surface area contributed by atoms with Gasteiger partial charge < -0.3 is 0 Å². The zero-order valence-electron chi connectivity index (χ0n) is 9.58. The Bertz CT molecular complexity index is 318. The number of piperazine rings is 1. The second-order valence-electron chi connectivity index (χ2n) is 4.56. The molecule has 0 N–H and O–H groups in total. The maximum Gasteiger partial charge on any atom is 0.396 e. The molecule has 2 rings (SSSR count). The van der Waals surface area contributed by atoms with E-state index in [1.54, 1.807) is 0 Å². The molecular weight excluding hydrogens is 381 g/mol. The fourth-order valence-corrected chi connectivity index (χ4v) is 3.06. The predicted molar refractivity (Wildman–Crippen MR) is 73.2 cm³/mol. The molecule has 2 aliphatic heterocycles. The van der Waals surface area contributed by atoms with Crippen molar-refractivity contribution in [2.24, 2.45) is 10.9 Å². The summed E-state index contributed by atoms with van der Waals surface area (Å²) in [5.41, 5.74) is 0. The summed E-state index contributed by atoms with van der Waals surface area (Å²) >= 11 is 8.33. The average molecular weight is 396 g/mol. The highest BCUT2D eigenvalue weighted by Crippen LogP contribution is 2.34. The van der Waals surface area contributed by atoms with Crippen molar-refractivity contribution in [2.75, 3.05) is 26.2 Å². The molecule has 1 fully saturated rings.